The average molecular weight is 409 g/mol. The summed E-state index contributed by atoms with van der Waals surface area (Å²) in [6.07, 6.45) is -0.0114. The summed E-state index contributed by atoms with van der Waals surface area (Å²) >= 11 is 1.07. The second kappa shape index (κ2) is 8.93. The van der Waals surface area contributed by atoms with Crippen LogP contribution in [0.2, 0.25) is 0 Å². The van der Waals surface area contributed by atoms with Gasteiger partial charge in [0.2, 0.25) is 11.8 Å². The SMILES string of the molecule is Cc1cccc(C)c1NC(=O)CSC1=C(C#N)[C@@H](c2ccccc2F)CC(=O)N1. The van der Waals surface area contributed by atoms with Gasteiger partial charge in [0.25, 0.3) is 0 Å². The van der Waals surface area contributed by atoms with Crippen LogP contribution in [0.15, 0.2) is 53.1 Å². The first-order valence-electron chi connectivity index (χ1n) is 9.08. The van der Waals surface area contributed by atoms with Crippen LogP contribution < -0.4 is 10.6 Å². The van der Waals surface area contributed by atoms with E-state index in [1.54, 1.807) is 18.2 Å². The molecule has 0 bridgehead atoms. The van der Waals surface area contributed by atoms with Crippen molar-refractivity contribution in [1.82, 2.24) is 5.32 Å². The van der Waals surface area contributed by atoms with Crippen LogP contribution in [0.4, 0.5) is 10.1 Å². The lowest BCUT2D eigenvalue weighted by Crippen LogP contribution is -2.31. The molecule has 0 saturated heterocycles. The van der Waals surface area contributed by atoms with Gasteiger partial charge in [-0.15, -0.1) is 0 Å². The van der Waals surface area contributed by atoms with Gasteiger partial charge in [-0.2, -0.15) is 5.26 Å². The van der Waals surface area contributed by atoms with E-state index >= 15 is 0 Å². The Kier molecular flexibility index (Phi) is 6.35. The van der Waals surface area contributed by atoms with Crippen molar-refractivity contribution in [3.05, 3.63) is 75.6 Å². The lowest BCUT2D eigenvalue weighted by Gasteiger charge is -2.25. The van der Waals surface area contributed by atoms with Crippen LogP contribution in [-0.2, 0) is 9.59 Å². The summed E-state index contributed by atoms with van der Waals surface area (Å²) in [6.45, 7) is 3.82. The lowest BCUT2D eigenvalue weighted by atomic mass is 9.87. The van der Waals surface area contributed by atoms with Gasteiger partial charge in [0.05, 0.1) is 22.4 Å². The van der Waals surface area contributed by atoms with Crippen molar-refractivity contribution >= 4 is 29.3 Å². The molecular weight excluding hydrogens is 389 g/mol. The molecule has 7 heteroatoms. The molecule has 148 valence electrons. The van der Waals surface area contributed by atoms with Crippen molar-refractivity contribution in [3.8, 4) is 6.07 Å². The molecule has 0 aliphatic carbocycles. The van der Waals surface area contributed by atoms with Crippen molar-refractivity contribution in [1.29, 1.82) is 5.26 Å². The second-order valence-corrected chi connectivity index (χ2v) is 7.77. The van der Waals surface area contributed by atoms with Gasteiger partial charge in [-0.25, -0.2) is 4.39 Å². The number of aryl methyl sites for hydroxylation is 2. The van der Waals surface area contributed by atoms with E-state index in [4.69, 9.17) is 0 Å². The number of halogens is 1. The molecule has 0 saturated carbocycles. The first kappa shape index (κ1) is 20.6. The van der Waals surface area contributed by atoms with Gasteiger partial charge >= 0.3 is 0 Å². The molecule has 0 fully saturated rings. The van der Waals surface area contributed by atoms with Gasteiger partial charge in [-0.3, -0.25) is 9.59 Å². The van der Waals surface area contributed by atoms with Crippen LogP contribution in [-0.4, -0.2) is 17.6 Å². The molecule has 1 heterocycles. The number of nitrogens with one attached hydrogen (secondary N) is 2. The number of carbonyl (C=O) groups excluding carboxylic acids is 2. The summed E-state index contributed by atoms with van der Waals surface area (Å²) < 4.78 is 14.2. The summed E-state index contributed by atoms with van der Waals surface area (Å²) in [5.74, 6) is -1.68. The molecule has 0 aromatic heterocycles. The number of amides is 2. The zero-order chi connectivity index (χ0) is 21.0. The average Bonchev–Trinajstić information content (AvgIpc) is 2.69. The summed E-state index contributed by atoms with van der Waals surface area (Å²) in [4.78, 5) is 24.6. The first-order valence-corrected chi connectivity index (χ1v) is 10.1. The fourth-order valence-electron chi connectivity index (χ4n) is 3.28. The zero-order valence-electron chi connectivity index (χ0n) is 16.1. The van der Waals surface area contributed by atoms with Crippen molar-refractivity contribution in [2.45, 2.75) is 26.2 Å². The highest BCUT2D eigenvalue weighted by Gasteiger charge is 2.31. The Morgan fingerprint density at radius 1 is 1.24 bits per heavy atom. The minimum absolute atomic E-state index is 0.0114. The third-order valence-electron chi connectivity index (χ3n) is 4.73. The van der Waals surface area contributed by atoms with Crippen LogP contribution >= 0.6 is 11.8 Å². The normalized spacial score (nSPS) is 16.2. The van der Waals surface area contributed by atoms with E-state index in [2.05, 4.69) is 16.7 Å². The predicted octanol–water partition coefficient (Wildman–Crippen LogP) is 4.15. The molecule has 29 heavy (non-hydrogen) atoms. The first-order chi connectivity index (χ1) is 13.9. The highest BCUT2D eigenvalue weighted by atomic mass is 32.2. The van der Waals surface area contributed by atoms with E-state index in [1.165, 1.54) is 6.07 Å². The van der Waals surface area contributed by atoms with Crippen LogP contribution in [0.25, 0.3) is 0 Å². The van der Waals surface area contributed by atoms with Crippen LogP contribution in [0, 0.1) is 31.0 Å². The molecule has 1 aliphatic heterocycles. The Balaban J connectivity index is 1.79. The third-order valence-corrected chi connectivity index (χ3v) is 5.75. The van der Waals surface area contributed by atoms with Gasteiger partial charge in [0, 0.05) is 18.0 Å². The molecule has 1 atom stereocenters. The highest BCUT2D eigenvalue weighted by molar-refractivity contribution is 8.03. The zero-order valence-corrected chi connectivity index (χ0v) is 16.9. The molecule has 0 unspecified atom stereocenters. The number of rotatable bonds is 5. The molecule has 1 aliphatic rings. The number of nitriles is 1. The summed E-state index contributed by atoms with van der Waals surface area (Å²) in [5, 5.41) is 15.5. The van der Waals surface area contributed by atoms with Gasteiger partial charge in [-0.1, -0.05) is 48.2 Å². The summed E-state index contributed by atoms with van der Waals surface area (Å²) in [7, 11) is 0. The van der Waals surface area contributed by atoms with E-state index in [-0.39, 0.29) is 29.6 Å². The van der Waals surface area contributed by atoms with E-state index < -0.39 is 11.7 Å². The quantitative estimate of drug-likeness (QED) is 0.777. The van der Waals surface area contributed by atoms with E-state index in [0.717, 1.165) is 28.6 Å². The number of nitrogens with zero attached hydrogens (tertiary/aromatic N) is 1. The lowest BCUT2D eigenvalue weighted by molar-refractivity contribution is -0.121. The predicted molar refractivity (Wildman–Crippen MR) is 112 cm³/mol. The van der Waals surface area contributed by atoms with Crippen molar-refractivity contribution in [3.63, 3.8) is 0 Å². The van der Waals surface area contributed by atoms with Gasteiger partial charge in [0.15, 0.2) is 0 Å². The van der Waals surface area contributed by atoms with Crippen LogP contribution in [0.1, 0.15) is 29.0 Å². The minimum atomic E-state index is -0.667. The highest BCUT2D eigenvalue weighted by Crippen LogP contribution is 2.37. The fraction of sp³-hybridized carbons (Fsp3) is 0.227. The number of allylic oxidation sites excluding steroid dienone is 1. The van der Waals surface area contributed by atoms with Crippen LogP contribution in [0.3, 0.4) is 0 Å². The minimum Gasteiger partial charge on any atom is -0.325 e. The number of anilines is 1. The Hall–Kier alpha value is -3.11. The topological polar surface area (TPSA) is 82.0 Å². The van der Waals surface area contributed by atoms with Crippen molar-refractivity contribution in [2.24, 2.45) is 0 Å². The molecule has 5 nitrogen and oxygen atoms in total. The van der Waals surface area contributed by atoms with E-state index in [9.17, 15) is 19.2 Å². The number of carbonyl (C=O) groups is 2. The second-order valence-electron chi connectivity index (χ2n) is 6.78. The third kappa shape index (κ3) is 4.66. The molecular formula is C22H20FN3O2S. The smallest absolute Gasteiger partial charge is 0.234 e. The maximum Gasteiger partial charge on any atom is 0.234 e. The Bertz CT molecular complexity index is 1020. The molecule has 0 spiro atoms. The molecule has 2 aromatic rings. The molecule has 3 rings (SSSR count). The number of para-hydroxylation sites is 1. The van der Waals surface area contributed by atoms with Crippen molar-refractivity contribution in [2.75, 3.05) is 11.1 Å². The molecule has 2 amide bonds. The number of hydrogen-bond acceptors (Lipinski definition) is 4. The Morgan fingerprint density at radius 3 is 2.59 bits per heavy atom. The maximum absolute atomic E-state index is 14.2. The molecule has 2 aromatic carbocycles. The summed E-state index contributed by atoms with van der Waals surface area (Å²) in [6, 6.07) is 13.9. The Morgan fingerprint density at radius 2 is 1.93 bits per heavy atom. The maximum atomic E-state index is 14.2. The standard InChI is InChI=1S/C22H20FN3O2S/c1-13-6-5-7-14(2)21(13)25-20(28)12-29-22-17(11-24)16(10-19(27)26-22)15-8-3-4-9-18(15)23/h3-9,16H,10,12H2,1-2H3,(H,25,28)(H,26,27)/t16-/m1/s1. The Labute approximate surface area is 173 Å². The number of benzene rings is 2. The monoisotopic (exact) mass is 409 g/mol. The van der Waals surface area contributed by atoms with Gasteiger partial charge in [-0.05, 0) is 36.6 Å². The molecule has 0 radical (unpaired) electrons. The number of hydrogen-bond donors (Lipinski definition) is 2. The van der Waals surface area contributed by atoms with Gasteiger partial charge in [0.1, 0.15) is 5.82 Å². The number of thioether (sulfide) groups is 1. The largest absolute Gasteiger partial charge is 0.325 e. The van der Waals surface area contributed by atoms with E-state index in [1.807, 2.05) is 32.0 Å². The fourth-order valence-corrected chi connectivity index (χ4v) is 4.16. The van der Waals surface area contributed by atoms with Crippen LogP contribution in [0.5, 0.6) is 0 Å². The van der Waals surface area contributed by atoms with Gasteiger partial charge < -0.3 is 10.6 Å². The van der Waals surface area contributed by atoms with E-state index in [0.29, 0.717) is 10.6 Å². The molecule has 2 N–H and O–H groups in total. The van der Waals surface area contributed by atoms with Crippen molar-refractivity contribution < 1.29 is 14.0 Å². The summed E-state index contributed by atoms with van der Waals surface area (Å²) in [5.41, 5.74) is 3.22.